The molecule has 0 bridgehead atoms. The first-order chi connectivity index (χ1) is 8.70. The van der Waals surface area contributed by atoms with Crippen LogP contribution in [0, 0.1) is 6.92 Å². The molecule has 0 aliphatic rings. The van der Waals surface area contributed by atoms with Crippen LogP contribution in [0.2, 0.25) is 0 Å². The van der Waals surface area contributed by atoms with Gasteiger partial charge in [-0.3, -0.25) is 4.98 Å². The molecule has 0 N–H and O–H groups in total. The van der Waals surface area contributed by atoms with Crippen LogP contribution in [0.25, 0.3) is 0 Å². The molecule has 0 radical (unpaired) electrons. The highest BCUT2D eigenvalue weighted by Crippen LogP contribution is 2.27. The molecule has 1 heterocycles. The highest BCUT2D eigenvalue weighted by molar-refractivity contribution is 7.98. The lowest BCUT2D eigenvalue weighted by Gasteiger charge is -2.11. The summed E-state index contributed by atoms with van der Waals surface area (Å²) in [5, 5.41) is -0.0190. The standard InChI is InChI=1S/C15H16ClNS/c1-11-4-3-9-17-15(11)10-14(16)12-5-7-13(18-2)8-6-12/h3-9,14H,10H2,1-2H3. The molecule has 0 saturated carbocycles. The highest BCUT2D eigenvalue weighted by Gasteiger charge is 2.11. The summed E-state index contributed by atoms with van der Waals surface area (Å²) < 4.78 is 0. The minimum Gasteiger partial charge on any atom is -0.261 e. The van der Waals surface area contributed by atoms with E-state index in [1.54, 1.807) is 11.8 Å². The number of alkyl halides is 1. The SMILES string of the molecule is CSc1ccc(C(Cl)Cc2ncccc2C)cc1. The van der Waals surface area contributed by atoms with Crippen LogP contribution < -0.4 is 0 Å². The Morgan fingerprint density at radius 1 is 1.22 bits per heavy atom. The van der Waals surface area contributed by atoms with Crippen molar-refractivity contribution in [1.82, 2.24) is 4.98 Å². The number of hydrogen-bond acceptors (Lipinski definition) is 2. The van der Waals surface area contributed by atoms with E-state index in [2.05, 4.69) is 48.5 Å². The van der Waals surface area contributed by atoms with E-state index in [1.807, 2.05) is 12.3 Å². The van der Waals surface area contributed by atoms with Gasteiger partial charge >= 0.3 is 0 Å². The minimum atomic E-state index is -0.0190. The van der Waals surface area contributed by atoms with Crippen molar-refractivity contribution < 1.29 is 0 Å². The number of halogens is 1. The number of pyridine rings is 1. The van der Waals surface area contributed by atoms with E-state index < -0.39 is 0 Å². The lowest BCUT2D eigenvalue weighted by Crippen LogP contribution is -2.00. The lowest BCUT2D eigenvalue weighted by molar-refractivity contribution is 0.868. The van der Waals surface area contributed by atoms with Gasteiger partial charge in [0.2, 0.25) is 0 Å². The normalized spacial score (nSPS) is 12.4. The van der Waals surface area contributed by atoms with E-state index >= 15 is 0 Å². The number of nitrogens with zero attached hydrogens (tertiary/aromatic N) is 1. The summed E-state index contributed by atoms with van der Waals surface area (Å²) >= 11 is 8.20. The van der Waals surface area contributed by atoms with E-state index in [0.29, 0.717) is 0 Å². The third-order valence-electron chi connectivity index (χ3n) is 2.97. The van der Waals surface area contributed by atoms with Crippen LogP contribution in [0.5, 0.6) is 0 Å². The maximum absolute atomic E-state index is 6.46. The van der Waals surface area contributed by atoms with Crippen LogP contribution in [-0.2, 0) is 6.42 Å². The molecule has 3 heteroatoms. The van der Waals surface area contributed by atoms with Gasteiger partial charge in [0.1, 0.15) is 0 Å². The molecule has 1 aromatic carbocycles. The lowest BCUT2D eigenvalue weighted by atomic mass is 10.0. The van der Waals surface area contributed by atoms with Crippen molar-refractivity contribution in [2.45, 2.75) is 23.6 Å². The van der Waals surface area contributed by atoms with Crippen molar-refractivity contribution in [2.75, 3.05) is 6.26 Å². The van der Waals surface area contributed by atoms with Crippen molar-refractivity contribution in [3.05, 3.63) is 59.4 Å². The molecule has 0 fully saturated rings. The zero-order valence-electron chi connectivity index (χ0n) is 10.6. The quantitative estimate of drug-likeness (QED) is 0.597. The summed E-state index contributed by atoms with van der Waals surface area (Å²) in [7, 11) is 0. The van der Waals surface area contributed by atoms with Gasteiger partial charge in [0, 0.05) is 23.2 Å². The number of aromatic nitrogens is 1. The van der Waals surface area contributed by atoms with Crippen LogP contribution in [0.3, 0.4) is 0 Å². The number of thioether (sulfide) groups is 1. The van der Waals surface area contributed by atoms with Gasteiger partial charge in [0.15, 0.2) is 0 Å². The number of rotatable bonds is 4. The molecule has 0 saturated heterocycles. The van der Waals surface area contributed by atoms with Gasteiger partial charge in [0.25, 0.3) is 0 Å². The fraction of sp³-hybridized carbons (Fsp3) is 0.267. The van der Waals surface area contributed by atoms with Crippen LogP contribution in [0.4, 0.5) is 0 Å². The second kappa shape index (κ2) is 6.26. The third kappa shape index (κ3) is 3.27. The molecule has 1 unspecified atom stereocenters. The molecule has 94 valence electrons. The first kappa shape index (κ1) is 13.4. The molecule has 0 amide bonds. The number of aryl methyl sites for hydroxylation is 1. The van der Waals surface area contributed by atoms with Crippen molar-refractivity contribution in [3.8, 4) is 0 Å². The Kier molecular flexibility index (Phi) is 4.67. The average molecular weight is 278 g/mol. The molecule has 2 aromatic rings. The molecule has 0 aliphatic heterocycles. The van der Waals surface area contributed by atoms with Crippen LogP contribution in [-0.4, -0.2) is 11.2 Å². The zero-order valence-corrected chi connectivity index (χ0v) is 12.1. The minimum absolute atomic E-state index is 0.0190. The second-order valence-corrected chi connectivity index (χ2v) is 5.62. The van der Waals surface area contributed by atoms with E-state index in [-0.39, 0.29) is 5.38 Å². The highest BCUT2D eigenvalue weighted by atomic mass is 35.5. The van der Waals surface area contributed by atoms with Crippen LogP contribution >= 0.6 is 23.4 Å². The van der Waals surface area contributed by atoms with Crippen LogP contribution in [0.1, 0.15) is 22.2 Å². The number of benzene rings is 1. The molecule has 1 atom stereocenters. The van der Waals surface area contributed by atoms with Gasteiger partial charge in [-0.2, -0.15) is 0 Å². The Hall–Kier alpha value is -0.990. The van der Waals surface area contributed by atoms with E-state index in [4.69, 9.17) is 11.6 Å². The van der Waals surface area contributed by atoms with Crippen molar-refractivity contribution in [2.24, 2.45) is 0 Å². The van der Waals surface area contributed by atoms with Gasteiger partial charge in [-0.05, 0) is 42.5 Å². The molecular weight excluding hydrogens is 262 g/mol. The molecule has 18 heavy (non-hydrogen) atoms. The largest absolute Gasteiger partial charge is 0.261 e. The Bertz CT molecular complexity index is 510. The summed E-state index contributed by atoms with van der Waals surface area (Å²) in [6.45, 7) is 2.07. The van der Waals surface area contributed by atoms with Gasteiger partial charge in [-0.25, -0.2) is 0 Å². The fourth-order valence-corrected chi connectivity index (χ4v) is 2.53. The van der Waals surface area contributed by atoms with Gasteiger partial charge in [-0.15, -0.1) is 23.4 Å². The topological polar surface area (TPSA) is 12.9 Å². The monoisotopic (exact) mass is 277 g/mol. The van der Waals surface area contributed by atoms with Gasteiger partial charge < -0.3 is 0 Å². The van der Waals surface area contributed by atoms with E-state index in [1.165, 1.54) is 10.5 Å². The first-order valence-electron chi connectivity index (χ1n) is 5.89. The zero-order chi connectivity index (χ0) is 13.0. The Morgan fingerprint density at radius 2 is 1.94 bits per heavy atom. The number of hydrogen-bond donors (Lipinski definition) is 0. The van der Waals surface area contributed by atoms with Crippen molar-refractivity contribution >= 4 is 23.4 Å². The Morgan fingerprint density at radius 3 is 2.56 bits per heavy atom. The molecule has 2 rings (SSSR count). The molecule has 0 spiro atoms. The van der Waals surface area contributed by atoms with Crippen LogP contribution in [0.15, 0.2) is 47.5 Å². The maximum Gasteiger partial charge on any atom is 0.0640 e. The summed E-state index contributed by atoms with van der Waals surface area (Å²) in [6.07, 6.45) is 4.67. The molecule has 0 aliphatic carbocycles. The van der Waals surface area contributed by atoms with E-state index in [9.17, 15) is 0 Å². The summed E-state index contributed by atoms with van der Waals surface area (Å²) in [5.74, 6) is 0. The third-order valence-corrected chi connectivity index (χ3v) is 4.12. The molecule has 1 nitrogen and oxygen atoms in total. The molecule has 1 aromatic heterocycles. The summed E-state index contributed by atoms with van der Waals surface area (Å²) in [5.41, 5.74) is 3.43. The average Bonchev–Trinajstić information content (AvgIpc) is 2.41. The summed E-state index contributed by atoms with van der Waals surface area (Å²) in [4.78, 5) is 5.65. The smallest absolute Gasteiger partial charge is 0.0640 e. The Labute approximate surface area is 118 Å². The fourth-order valence-electron chi connectivity index (χ4n) is 1.83. The van der Waals surface area contributed by atoms with Gasteiger partial charge in [-0.1, -0.05) is 18.2 Å². The first-order valence-corrected chi connectivity index (χ1v) is 7.55. The van der Waals surface area contributed by atoms with Gasteiger partial charge in [0.05, 0.1) is 5.38 Å². The second-order valence-electron chi connectivity index (χ2n) is 4.21. The predicted octanol–water partition coefficient (Wildman–Crippen LogP) is 4.63. The van der Waals surface area contributed by atoms with E-state index in [0.717, 1.165) is 17.7 Å². The van der Waals surface area contributed by atoms with Crippen molar-refractivity contribution in [3.63, 3.8) is 0 Å². The summed E-state index contributed by atoms with van der Waals surface area (Å²) in [6, 6.07) is 12.4. The van der Waals surface area contributed by atoms with Crippen molar-refractivity contribution in [1.29, 1.82) is 0 Å². The predicted molar refractivity (Wildman–Crippen MR) is 79.5 cm³/mol. The maximum atomic E-state index is 6.46. The molecular formula is C15H16ClNS. The Balaban J connectivity index is 2.11.